The number of hydrogen-bond acceptors (Lipinski definition) is 3. The molecule has 2 aromatic carbocycles. The molecular weight excluding hydrogens is 298 g/mol. The molecule has 0 amide bonds. The largest absolute Gasteiger partial charge is 0.497 e. The Morgan fingerprint density at radius 2 is 1.64 bits per heavy atom. The van der Waals surface area contributed by atoms with Gasteiger partial charge in [0.25, 0.3) is 10.0 Å². The molecule has 0 aliphatic carbocycles. The van der Waals surface area contributed by atoms with Crippen LogP contribution < -0.4 is 4.74 Å². The van der Waals surface area contributed by atoms with Gasteiger partial charge in [-0.15, -0.1) is 0 Å². The van der Waals surface area contributed by atoms with E-state index in [1.807, 2.05) is 26.0 Å². The van der Waals surface area contributed by atoms with Crippen molar-refractivity contribution in [3.63, 3.8) is 0 Å². The molecule has 0 spiro atoms. The van der Waals surface area contributed by atoms with Crippen LogP contribution in [0.4, 0.5) is 0 Å². The standard InChI is InChI=1S/C17H19NO3S/c1-4-17(14-7-9-15(21-3)10-8-14)18-22(19,20)16-11-5-13(2)6-12-16/h5-12H,4H2,1-3H3/b18-17+. The summed E-state index contributed by atoms with van der Waals surface area (Å²) in [5.41, 5.74) is 2.32. The van der Waals surface area contributed by atoms with E-state index in [2.05, 4.69) is 4.40 Å². The molecule has 0 saturated carbocycles. The summed E-state index contributed by atoms with van der Waals surface area (Å²) in [7, 11) is -2.11. The van der Waals surface area contributed by atoms with Gasteiger partial charge in [0, 0.05) is 0 Å². The Balaban J connectivity index is 2.40. The molecule has 2 rings (SSSR count). The molecule has 0 atom stereocenters. The van der Waals surface area contributed by atoms with Crippen LogP contribution in [0.25, 0.3) is 0 Å². The Labute approximate surface area is 131 Å². The molecule has 0 bridgehead atoms. The van der Waals surface area contributed by atoms with Gasteiger partial charge in [-0.05, 0) is 55.3 Å². The van der Waals surface area contributed by atoms with Crippen LogP contribution in [0.15, 0.2) is 57.8 Å². The van der Waals surface area contributed by atoms with Crippen LogP contribution in [0.5, 0.6) is 5.75 Å². The van der Waals surface area contributed by atoms with E-state index in [0.29, 0.717) is 12.1 Å². The molecule has 0 aliphatic rings. The second kappa shape index (κ2) is 6.75. The highest BCUT2D eigenvalue weighted by Crippen LogP contribution is 2.18. The average molecular weight is 317 g/mol. The second-order valence-corrected chi connectivity index (χ2v) is 6.51. The highest BCUT2D eigenvalue weighted by molar-refractivity contribution is 7.90. The van der Waals surface area contributed by atoms with E-state index in [0.717, 1.165) is 16.9 Å². The Bertz CT molecular complexity index is 761. The smallest absolute Gasteiger partial charge is 0.282 e. The summed E-state index contributed by atoms with van der Waals surface area (Å²) < 4.78 is 33.9. The maximum Gasteiger partial charge on any atom is 0.282 e. The van der Waals surface area contributed by atoms with Gasteiger partial charge in [0.2, 0.25) is 0 Å². The van der Waals surface area contributed by atoms with Crippen molar-refractivity contribution in [1.29, 1.82) is 0 Å². The quantitative estimate of drug-likeness (QED) is 0.792. The zero-order chi connectivity index (χ0) is 16.2. The first-order valence-corrected chi connectivity index (χ1v) is 8.45. The summed E-state index contributed by atoms with van der Waals surface area (Å²) in [6.45, 7) is 3.79. The lowest BCUT2D eigenvalue weighted by Crippen LogP contribution is -2.05. The summed E-state index contributed by atoms with van der Waals surface area (Å²) in [4.78, 5) is 0.206. The van der Waals surface area contributed by atoms with Gasteiger partial charge in [-0.3, -0.25) is 0 Å². The molecule has 0 N–H and O–H groups in total. The lowest BCUT2D eigenvalue weighted by molar-refractivity contribution is 0.415. The summed E-state index contributed by atoms with van der Waals surface area (Å²) in [5, 5.41) is 0. The summed E-state index contributed by atoms with van der Waals surface area (Å²) >= 11 is 0. The molecule has 0 saturated heterocycles. The van der Waals surface area contributed by atoms with E-state index >= 15 is 0 Å². The number of hydrogen-bond donors (Lipinski definition) is 0. The van der Waals surface area contributed by atoms with Crippen molar-refractivity contribution in [2.24, 2.45) is 4.40 Å². The normalized spacial score (nSPS) is 12.2. The van der Waals surface area contributed by atoms with Crippen LogP contribution in [0.1, 0.15) is 24.5 Å². The van der Waals surface area contributed by atoms with Crippen molar-refractivity contribution >= 4 is 15.7 Å². The molecule has 0 fully saturated rings. The monoisotopic (exact) mass is 317 g/mol. The van der Waals surface area contributed by atoms with Crippen LogP contribution in [0, 0.1) is 6.92 Å². The fourth-order valence-electron chi connectivity index (χ4n) is 2.01. The van der Waals surface area contributed by atoms with E-state index < -0.39 is 10.0 Å². The summed E-state index contributed by atoms with van der Waals surface area (Å²) in [5.74, 6) is 0.723. The second-order valence-electron chi connectivity index (χ2n) is 4.91. The van der Waals surface area contributed by atoms with Crippen LogP contribution in [-0.2, 0) is 10.0 Å². The van der Waals surface area contributed by atoms with E-state index in [1.54, 1.807) is 43.5 Å². The molecule has 4 nitrogen and oxygen atoms in total. The first-order valence-electron chi connectivity index (χ1n) is 7.01. The third-order valence-corrected chi connectivity index (χ3v) is 4.64. The van der Waals surface area contributed by atoms with Gasteiger partial charge in [-0.2, -0.15) is 12.8 Å². The molecule has 0 radical (unpaired) electrons. The predicted octanol–water partition coefficient (Wildman–Crippen LogP) is 3.59. The number of nitrogens with zero attached hydrogens (tertiary/aromatic N) is 1. The van der Waals surface area contributed by atoms with Crippen molar-refractivity contribution in [3.8, 4) is 5.75 Å². The average Bonchev–Trinajstić information content (AvgIpc) is 2.53. The number of benzene rings is 2. The zero-order valence-corrected chi connectivity index (χ0v) is 13.7. The first-order chi connectivity index (χ1) is 10.5. The maximum atomic E-state index is 12.4. The van der Waals surface area contributed by atoms with Crippen molar-refractivity contribution in [2.75, 3.05) is 7.11 Å². The summed E-state index contributed by atoms with van der Waals surface area (Å²) in [6.07, 6.45) is 0.525. The minimum absolute atomic E-state index is 0.206. The molecule has 22 heavy (non-hydrogen) atoms. The van der Waals surface area contributed by atoms with Crippen molar-refractivity contribution in [3.05, 3.63) is 59.7 Å². The highest BCUT2D eigenvalue weighted by atomic mass is 32.2. The van der Waals surface area contributed by atoms with Crippen LogP contribution >= 0.6 is 0 Å². The summed E-state index contributed by atoms with van der Waals surface area (Å²) in [6, 6.07) is 13.9. The van der Waals surface area contributed by atoms with Gasteiger partial charge in [-0.1, -0.05) is 24.6 Å². The molecule has 0 aromatic heterocycles. The molecule has 0 heterocycles. The molecule has 0 unspecified atom stereocenters. The Hall–Kier alpha value is -2.14. The molecule has 0 aliphatic heterocycles. The van der Waals surface area contributed by atoms with Crippen molar-refractivity contribution < 1.29 is 13.2 Å². The number of rotatable bonds is 5. The van der Waals surface area contributed by atoms with Gasteiger partial charge in [0.05, 0.1) is 17.7 Å². The van der Waals surface area contributed by atoms with Gasteiger partial charge >= 0.3 is 0 Å². The van der Waals surface area contributed by atoms with Crippen molar-refractivity contribution in [1.82, 2.24) is 0 Å². The lowest BCUT2D eigenvalue weighted by Gasteiger charge is -2.06. The molecule has 2 aromatic rings. The van der Waals surface area contributed by atoms with Gasteiger partial charge in [0.15, 0.2) is 0 Å². The SMILES string of the molecule is CC/C(=N\S(=O)(=O)c1ccc(C)cc1)c1ccc(OC)cc1. The highest BCUT2D eigenvalue weighted by Gasteiger charge is 2.14. The molecule has 5 heteroatoms. The van der Waals surface area contributed by atoms with Gasteiger partial charge in [-0.25, -0.2) is 0 Å². The first kappa shape index (κ1) is 16.2. The Morgan fingerprint density at radius 1 is 1.05 bits per heavy atom. The number of aryl methyl sites for hydroxylation is 1. The van der Waals surface area contributed by atoms with Gasteiger partial charge < -0.3 is 4.74 Å². The van der Waals surface area contributed by atoms with Crippen LogP contribution in [0.3, 0.4) is 0 Å². The van der Waals surface area contributed by atoms with Crippen LogP contribution in [-0.4, -0.2) is 21.2 Å². The molecule has 116 valence electrons. The van der Waals surface area contributed by atoms with Crippen molar-refractivity contribution in [2.45, 2.75) is 25.2 Å². The fourth-order valence-corrected chi connectivity index (χ4v) is 3.12. The predicted molar refractivity (Wildman–Crippen MR) is 88.2 cm³/mol. The third-order valence-electron chi connectivity index (χ3n) is 3.31. The topological polar surface area (TPSA) is 55.7 Å². The minimum atomic E-state index is -3.70. The third kappa shape index (κ3) is 3.74. The minimum Gasteiger partial charge on any atom is -0.497 e. The van der Waals surface area contributed by atoms with E-state index in [-0.39, 0.29) is 4.90 Å². The van der Waals surface area contributed by atoms with E-state index in [9.17, 15) is 8.42 Å². The van der Waals surface area contributed by atoms with Crippen LogP contribution in [0.2, 0.25) is 0 Å². The van der Waals surface area contributed by atoms with E-state index in [4.69, 9.17) is 4.74 Å². The van der Waals surface area contributed by atoms with E-state index in [1.165, 1.54) is 0 Å². The maximum absolute atomic E-state index is 12.4. The molecular formula is C17H19NO3S. The number of ether oxygens (including phenoxy) is 1. The lowest BCUT2D eigenvalue weighted by atomic mass is 10.1. The Morgan fingerprint density at radius 3 is 2.14 bits per heavy atom. The number of sulfonamides is 1. The number of methoxy groups -OCH3 is 1. The fraction of sp³-hybridized carbons (Fsp3) is 0.235. The van der Waals surface area contributed by atoms with Gasteiger partial charge in [0.1, 0.15) is 5.75 Å². The Kier molecular flexibility index (Phi) is 4.98. The zero-order valence-electron chi connectivity index (χ0n) is 12.9.